The Morgan fingerprint density at radius 2 is 1.96 bits per heavy atom. The Bertz CT molecular complexity index is 712. The van der Waals surface area contributed by atoms with Crippen LogP contribution in [0.4, 0.5) is 8.78 Å². The number of alkyl halides is 2. The molecule has 1 aromatic rings. The Morgan fingerprint density at radius 3 is 2.52 bits per heavy atom. The highest BCUT2D eigenvalue weighted by atomic mass is 35.5. The van der Waals surface area contributed by atoms with Crippen LogP contribution in [0.5, 0.6) is 0 Å². The average molecular weight is 390 g/mol. The van der Waals surface area contributed by atoms with Crippen molar-refractivity contribution in [3.63, 3.8) is 0 Å². The number of esters is 1. The van der Waals surface area contributed by atoms with Gasteiger partial charge in [0.05, 0.1) is 18.9 Å². The minimum Gasteiger partial charge on any atom is -0.466 e. The highest BCUT2D eigenvalue weighted by Crippen LogP contribution is 2.44. The van der Waals surface area contributed by atoms with E-state index in [-0.39, 0.29) is 18.6 Å². The van der Waals surface area contributed by atoms with Gasteiger partial charge in [0, 0.05) is 21.7 Å². The van der Waals surface area contributed by atoms with E-state index < -0.39 is 23.9 Å². The quantitative estimate of drug-likeness (QED) is 0.730. The fraction of sp³-hybridized carbons (Fsp3) is 0.389. The van der Waals surface area contributed by atoms with Gasteiger partial charge >= 0.3 is 5.97 Å². The van der Waals surface area contributed by atoms with E-state index in [1.807, 2.05) is 0 Å². The molecule has 2 atom stereocenters. The van der Waals surface area contributed by atoms with Gasteiger partial charge in [-0.1, -0.05) is 35.3 Å². The van der Waals surface area contributed by atoms with Gasteiger partial charge in [-0.3, -0.25) is 4.79 Å². The average Bonchev–Trinajstić information content (AvgIpc) is 2.50. The van der Waals surface area contributed by atoms with Crippen molar-refractivity contribution in [1.29, 1.82) is 0 Å². The number of ether oxygens (including phenoxy) is 1. The summed E-state index contributed by atoms with van der Waals surface area (Å²) in [6.07, 6.45) is 2.38. The van der Waals surface area contributed by atoms with Crippen LogP contribution in [0, 0.1) is 5.92 Å². The number of hydrogen-bond acceptors (Lipinski definition) is 3. The summed E-state index contributed by atoms with van der Waals surface area (Å²) in [5, 5.41) is 0.705. The molecule has 7 heteroatoms. The molecular weight excluding hydrogens is 371 g/mol. The molecule has 136 valence electrons. The summed E-state index contributed by atoms with van der Waals surface area (Å²) in [6, 6.07) is 3.83. The van der Waals surface area contributed by atoms with Crippen molar-refractivity contribution in [2.24, 2.45) is 11.7 Å². The summed E-state index contributed by atoms with van der Waals surface area (Å²) < 4.78 is 34.1. The van der Waals surface area contributed by atoms with E-state index in [0.29, 0.717) is 21.2 Å². The van der Waals surface area contributed by atoms with Crippen molar-refractivity contribution < 1.29 is 18.3 Å². The lowest BCUT2D eigenvalue weighted by Gasteiger charge is -2.33. The second kappa shape index (κ2) is 7.85. The second-order valence-corrected chi connectivity index (χ2v) is 6.68. The van der Waals surface area contributed by atoms with Crippen molar-refractivity contribution in [2.45, 2.75) is 32.2 Å². The lowest BCUT2D eigenvalue weighted by Crippen LogP contribution is -2.44. The maximum atomic E-state index is 14.6. The van der Waals surface area contributed by atoms with Crippen LogP contribution >= 0.6 is 23.2 Å². The van der Waals surface area contributed by atoms with Crippen LogP contribution in [-0.4, -0.2) is 24.5 Å². The largest absolute Gasteiger partial charge is 0.466 e. The third-order valence-electron chi connectivity index (χ3n) is 4.10. The van der Waals surface area contributed by atoms with Gasteiger partial charge in [-0.25, -0.2) is 8.78 Å². The molecule has 3 nitrogen and oxygen atoms in total. The molecule has 0 radical (unpaired) electrons. The highest BCUT2D eigenvalue weighted by molar-refractivity contribution is 6.37. The summed E-state index contributed by atoms with van der Waals surface area (Å²) in [4.78, 5) is 11.6. The predicted molar refractivity (Wildman–Crippen MR) is 95.9 cm³/mol. The lowest BCUT2D eigenvalue weighted by molar-refractivity contribution is -0.144. The van der Waals surface area contributed by atoms with Crippen LogP contribution in [0.1, 0.15) is 25.8 Å². The molecule has 0 heterocycles. The van der Waals surface area contributed by atoms with Gasteiger partial charge in [0.2, 0.25) is 0 Å². The fourth-order valence-electron chi connectivity index (χ4n) is 2.80. The minimum atomic E-state index is -3.18. The first-order chi connectivity index (χ1) is 11.7. The molecule has 1 aliphatic rings. The van der Waals surface area contributed by atoms with Crippen molar-refractivity contribution in [3.05, 3.63) is 51.5 Å². The smallest absolute Gasteiger partial charge is 0.307 e. The molecule has 0 fully saturated rings. The zero-order valence-corrected chi connectivity index (χ0v) is 15.4. The Hall–Kier alpha value is -1.43. The van der Waals surface area contributed by atoms with Gasteiger partial charge in [0.25, 0.3) is 5.92 Å². The summed E-state index contributed by atoms with van der Waals surface area (Å²) in [7, 11) is 0. The molecule has 2 unspecified atom stereocenters. The predicted octanol–water partition coefficient (Wildman–Crippen LogP) is 4.87. The third-order valence-corrected chi connectivity index (χ3v) is 4.73. The number of benzene rings is 1. The molecule has 2 N–H and O–H groups in total. The van der Waals surface area contributed by atoms with Crippen molar-refractivity contribution >= 4 is 34.7 Å². The van der Waals surface area contributed by atoms with E-state index in [9.17, 15) is 13.6 Å². The molecule has 0 saturated heterocycles. The van der Waals surface area contributed by atoms with Crippen LogP contribution in [0.15, 0.2) is 35.9 Å². The number of carbonyl (C=O) groups is 1. The van der Waals surface area contributed by atoms with Crippen LogP contribution < -0.4 is 5.73 Å². The second-order valence-electron chi connectivity index (χ2n) is 5.87. The van der Waals surface area contributed by atoms with Crippen LogP contribution in [0.25, 0.3) is 5.57 Å². The van der Waals surface area contributed by atoms with Gasteiger partial charge in [-0.2, -0.15) is 0 Å². The standard InChI is InChI=1S/C18H19Cl2F2NO2/c1-3-25-16(24)9-15(23)12-8-11(7-10(2)18(12,21)22)17-13(19)5-4-6-14(17)20/h4-8,12,15H,3,9,23H2,1-2H3. The highest BCUT2D eigenvalue weighted by Gasteiger charge is 2.46. The van der Waals surface area contributed by atoms with Gasteiger partial charge in [-0.05, 0) is 43.2 Å². The molecule has 0 aliphatic heterocycles. The van der Waals surface area contributed by atoms with E-state index in [4.69, 9.17) is 33.7 Å². The number of hydrogen-bond donors (Lipinski definition) is 1. The van der Waals surface area contributed by atoms with Crippen LogP contribution in [-0.2, 0) is 9.53 Å². The summed E-state index contributed by atoms with van der Waals surface area (Å²) in [5.41, 5.74) is 6.68. The molecule has 0 spiro atoms. The number of nitrogens with two attached hydrogens (primary N) is 1. The third kappa shape index (κ3) is 4.22. The van der Waals surface area contributed by atoms with Crippen molar-refractivity contribution in [3.8, 4) is 0 Å². The maximum Gasteiger partial charge on any atom is 0.307 e. The Balaban J connectivity index is 2.42. The number of allylic oxidation sites excluding steroid dienone is 3. The molecule has 1 aliphatic carbocycles. The molecule has 0 saturated carbocycles. The molecule has 0 aromatic heterocycles. The zero-order chi connectivity index (χ0) is 18.8. The lowest BCUT2D eigenvalue weighted by atomic mass is 9.80. The topological polar surface area (TPSA) is 52.3 Å². The Labute approximate surface area is 155 Å². The van der Waals surface area contributed by atoms with E-state index in [1.165, 1.54) is 19.1 Å². The molecular formula is C18H19Cl2F2NO2. The molecule has 2 rings (SSSR count). The van der Waals surface area contributed by atoms with E-state index in [2.05, 4.69) is 0 Å². The fourth-order valence-corrected chi connectivity index (χ4v) is 3.42. The number of rotatable bonds is 5. The van der Waals surface area contributed by atoms with E-state index >= 15 is 0 Å². The van der Waals surface area contributed by atoms with Crippen molar-refractivity contribution in [2.75, 3.05) is 6.61 Å². The van der Waals surface area contributed by atoms with E-state index in [1.54, 1.807) is 25.1 Å². The first-order valence-corrected chi connectivity index (χ1v) is 8.58. The molecule has 25 heavy (non-hydrogen) atoms. The van der Waals surface area contributed by atoms with Gasteiger partial charge in [-0.15, -0.1) is 0 Å². The normalized spacial score (nSPS) is 20.5. The Kier molecular flexibility index (Phi) is 6.25. The summed E-state index contributed by atoms with van der Waals surface area (Å²) >= 11 is 12.4. The SMILES string of the molecule is CCOC(=O)CC(N)C1C=C(c2c(Cl)cccc2Cl)C=C(C)C1(F)F. The monoisotopic (exact) mass is 389 g/mol. The molecule has 0 amide bonds. The minimum absolute atomic E-state index is 0.162. The van der Waals surface area contributed by atoms with Crippen LogP contribution in [0.2, 0.25) is 10.0 Å². The van der Waals surface area contributed by atoms with Crippen LogP contribution in [0.3, 0.4) is 0 Å². The van der Waals surface area contributed by atoms with Gasteiger partial charge < -0.3 is 10.5 Å². The summed E-state index contributed by atoms with van der Waals surface area (Å²) in [5.74, 6) is -5.16. The van der Waals surface area contributed by atoms with Crippen molar-refractivity contribution in [1.82, 2.24) is 0 Å². The molecule has 1 aromatic carbocycles. The van der Waals surface area contributed by atoms with Gasteiger partial charge in [0.15, 0.2) is 0 Å². The number of carbonyl (C=O) groups excluding carboxylic acids is 1. The summed E-state index contributed by atoms with van der Waals surface area (Å²) in [6.45, 7) is 3.13. The molecule has 0 bridgehead atoms. The first-order valence-electron chi connectivity index (χ1n) is 7.82. The zero-order valence-electron chi connectivity index (χ0n) is 13.9. The maximum absolute atomic E-state index is 14.6. The Morgan fingerprint density at radius 1 is 1.36 bits per heavy atom. The first kappa shape index (κ1) is 19.9. The van der Waals surface area contributed by atoms with Gasteiger partial charge in [0.1, 0.15) is 0 Å². The van der Waals surface area contributed by atoms with E-state index in [0.717, 1.165) is 0 Å². The number of halogens is 4.